The zero-order valence-electron chi connectivity index (χ0n) is 42.5. The molecule has 2 heterocycles. The summed E-state index contributed by atoms with van der Waals surface area (Å²) in [7, 11) is 13.0. The number of carboxylic acids is 1. The third-order valence-corrected chi connectivity index (χ3v) is 12.9. The lowest BCUT2D eigenvalue weighted by molar-refractivity contribution is -0.145. The van der Waals surface area contributed by atoms with E-state index in [0.717, 1.165) is 22.0 Å². The van der Waals surface area contributed by atoms with Crippen molar-refractivity contribution in [2.24, 2.45) is 0 Å². The number of aliphatic carboxylic acids is 1. The van der Waals surface area contributed by atoms with E-state index in [2.05, 4.69) is 31.6 Å². The van der Waals surface area contributed by atoms with Gasteiger partial charge in [0.05, 0.1) is 25.1 Å². The maximum atomic E-state index is 13.1. The lowest BCUT2D eigenvalue weighted by atomic mass is 9.97. The van der Waals surface area contributed by atoms with Gasteiger partial charge in [0.1, 0.15) is 17.1 Å². The maximum Gasteiger partial charge on any atom is 0.519 e. The van der Waals surface area contributed by atoms with E-state index in [9.17, 15) is 48.3 Å². The normalized spacial score (nSPS) is 12.2. The van der Waals surface area contributed by atoms with Crippen LogP contribution in [0.3, 0.4) is 0 Å². The molecule has 0 spiro atoms. The fourth-order valence-electron chi connectivity index (χ4n) is 6.65. The minimum atomic E-state index is -1.27. The fraction of sp³-hybridized carbons (Fsp3) is 0.652. The molecule has 2 atom stereocenters. The van der Waals surface area contributed by atoms with Crippen LogP contribution in [0.5, 0.6) is 0 Å². The Bertz CT molecular complexity index is 2100. The molecule has 0 aromatic carbocycles. The molecule has 0 aliphatic heterocycles. The van der Waals surface area contributed by atoms with Crippen LogP contribution in [0, 0.1) is 6.92 Å². The highest BCUT2D eigenvalue weighted by Gasteiger charge is 2.29. The van der Waals surface area contributed by atoms with Gasteiger partial charge in [-0.25, -0.2) is 14.6 Å². The van der Waals surface area contributed by atoms with Gasteiger partial charge in [-0.3, -0.25) is 33.6 Å². The van der Waals surface area contributed by atoms with Crippen LogP contribution in [0.2, 0.25) is 0 Å². The molecular weight excluding hydrogens is 965 g/mol. The molecule has 2 aromatic heterocycles. The standard InChI is InChI=1S/C46H74N10O13S2/c1-31-35(69-45(66)68-31)30-67-44(65)55(8)24-23-49-43(64)34(26-40(60)61)56(9)39(59)17-11-10-14-25-70-71-38-19-18-32(27-50-38)41(62)52-46(2,3)20-15-22-48-42(63)33(51-37(58)29-54(6)7)16-12-13-21-47-36(57)28-53(4)5/h18-19,27,33-34H,10-17,20-26,28-30H2,1-9H3,(H,47,57)(H,48,63)(H,49,64)(H,51,58)(H,52,62)(H,60,61). The Morgan fingerprint density at radius 1 is 0.817 bits per heavy atom. The second-order valence-electron chi connectivity index (χ2n) is 18.1. The van der Waals surface area contributed by atoms with Crippen molar-refractivity contribution in [3.63, 3.8) is 0 Å². The van der Waals surface area contributed by atoms with E-state index in [1.165, 1.54) is 38.0 Å². The molecule has 2 rings (SSSR count). The van der Waals surface area contributed by atoms with Crippen molar-refractivity contribution in [1.29, 1.82) is 0 Å². The topological polar surface area (TPSA) is 295 Å². The van der Waals surface area contributed by atoms with Crippen LogP contribution in [0.15, 0.2) is 37.0 Å². The largest absolute Gasteiger partial charge is 0.519 e. The summed E-state index contributed by atoms with van der Waals surface area (Å²) < 4.78 is 14.6. The Morgan fingerprint density at radius 3 is 2.13 bits per heavy atom. The summed E-state index contributed by atoms with van der Waals surface area (Å²) in [5.74, 6) is -3.17. The first-order valence-corrected chi connectivity index (χ1v) is 25.7. The highest BCUT2D eigenvalue weighted by molar-refractivity contribution is 8.76. The van der Waals surface area contributed by atoms with Gasteiger partial charge in [0, 0.05) is 64.2 Å². The summed E-state index contributed by atoms with van der Waals surface area (Å²) in [6.45, 7) is 6.16. The molecule has 2 aromatic rings. The number of nitrogens with zero attached hydrogens (tertiary/aromatic N) is 5. The van der Waals surface area contributed by atoms with Gasteiger partial charge in [-0.15, -0.1) is 0 Å². The average molecular weight is 1040 g/mol. The number of aryl methyl sites for hydroxylation is 1. The fourth-order valence-corrected chi connectivity index (χ4v) is 8.66. The molecule has 23 nitrogen and oxygen atoms in total. The maximum absolute atomic E-state index is 13.1. The summed E-state index contributed by atoms with van der Waals surface area (Å²) >= 11 is 0. The molecule has 0 bridgehead atoms. The monoisotopic (exact) mass is 1040 g/mol. The van der Waals surface area contributed by atoms with Crippen molar-refractivity contribution < 1.29 is 57.0 Å². The van der Waals surface area contributed by atoms with Gasteiger partial charge in [-0.05, 0) is 117 Å². The molecule has 0 saturated heterocycles. The van der Waals surface area contributed by atoms with Crippen LogP contribution in [0.4, 0.5) is 4.79 Å². The first-order chi connectivity index (χ1) is 33.5. The summed E-state index contributed by atoms with van der Waals surface area (Å²) in [5.41, 5.74) is -0.200. The summed E-state index contributed by atoms with van der Waals surface area (Å²) in [6.07, 6.45) is 5.12. The second-order valence-corrected chi connectivity index (χ2v) is 20.5. The number of rotatable bonds is 34. The average Bonchev–Trinajstić information content (AvgIpc) is 3.62. The third kappa shape index (κ3) is 25.9. The molecule has 7 amide bonds. The molecule has 0 aliphatic rings. The van der Waals surface area contributed by atoms with E-state index in [-0.39, 0.29) is 73.7 Å². The number of hydrogen-bond acceptors (Lipinski definition) is 17. The molecular formula is C46H74N10O13S2. The van der Waals surface area contributed by atoms with Gasteiger partial charge in [-0.1, -0.05) is 17.2 Å². The molecule has 71 heavy (non-hydrogen) atoms. The molecule has 25 heteroatoms. The Balaban J connectivity index is 1.70. The number of carboxylic acid groups (broad SMARTS) is 1. The van der Waals surface area contributed by atoms with Crippen molar-refractivity contribution >= 4 is 69.1 Å². The van der Waals surface area contributed by atoms with Crippen LogP contribution >= 0.6 is 21.6 Å². The van der Waals surface area contributed by atoms with Crippen LogP contribution in [-0.2, 0) is 40.1 Å². The van der Waals surface area contributed by atoms with Gasteiger partial charge in [0.2, 0.25) is 29.5 Å². The second kappa shape index (κ2) is 32.3. The molecule has 398 valence electrons. The molecule has 0 radical (unpaired) electrons. The van der Waals surface area contributed by atoms with E-state index < -0.39 is 47.8 Å². The number of ether oxygens (including phenoxy) is 1. The van der Waals surface area contributed by atoms with Gasteiger partial charge in [-0.2, -0.15) is 0 Å². The Labute approximate surface area is 423 Å². The van der Waals surface area contributed by atoms with E-state index in [4.69, 9.17) is 13.6 Å². The molecule has 0 fully saturated rings. The summed E-state index contributed by atoms with van der Waals surface area (Å²) in [6, 6.07) is 1.48. The number of unbranched alkanes of at least 4 members (excludes halogenated alkanes) is 3. The van der Waals surface area contributed by atoms with E-state index in [0.29, 0.717) is 75.2 Å². The predicted molar refractivity (Wildman–Crippen MR) is 267 cm³/mol. The van der Waals surface area contributed by atoms with E-state index in [1.54, 1.807) is 46.8 Å². The molecule has 0 aliphatic carbocycles. The number of aromatic nitrogens is 1. The highest BCUT2D eigenvalue weighted by atomic mass is 33.1. The smallest absolute Gasteiger partial charge is 0.481 e. The van der Waals surface area contributed by atoms with Crippen molar-refractivity contribution in [1.82, 2.24) is 51.2 Å². The van der Waals surface area contributed by atoms with Crippen LogP contribution < -0.4 is 32.4 Å². The number of pyridine rings is 1. The number of likely N-dealkylation sites (N-methyl/N-ethyl adjacent to an activating group) is 4. The zero-order valence-corrected chi connectivity index (χ0v) is 44.1. The van der Waals surface area contributed by atoms with Crippen LogP contribution in [-0.4, -0.2) is 182 Å². The molecule has 6 N–H and O–H groups in total. The number of nitrogens with one attached hydrogen (secondary N) is 5. The summed E-state index contributed by atoms with van der Waals surface area (Å²) in [5, 5.41) is 24.4. The predicted octanol–water partition coefficient (Wildman–Crippen LogP) is 2.22. The van der Waals surface area contributed by atoms with Crippen molar-refractivity contribution in [3.05, 3.63) is 46.0 Å². The van der Waals surface area contributed by atoms with Crippen molar-refractivity contribution in [2.45, 2.75) is 114 Å². The Kier molecular flexibility index (Phi) is 28.0. The van der Waals surface area contributed by atoms with Gasteiger partial charge < -0.3 is 64.9 Å². The van der Waals surface area contributed by atoms with Gasteiger partial charge in [0.25, 0.3) is 5.91 Å². The van der Waals surface area contributed by atoms with Gasteiger partial charge in [0.15, 0.2) is 18.1 Å². The third-order valence-electron chi connectivity index (χ3n) is 10.6. The quantitative estimate of drug-likeness (QED) is 0.0433. The number of carbonyl (C=O) groups excluding carboxylic acids is 7. The van der Waals surface area contributed by atoms with Crippen LogP contribution in [0.1, 0.15) is 99.9 Å². The van der Waals surface area contributed by atoms with E-state index >= 15 is 0 Å². The Hall–Kier alpha value is -5.66. The van der Waals surface area contributed by atoms with Gasteiger partial charge >= 0.3 is 17.9 Å². The minimum Gasteiger partial charge on any atom is -0.481 e. The van der Waals surface area contributed by atoms with Crippen molar-refractivity contribution in [3.8, 4) is 0 Å². The lowest BCUT2D eigenvalue weighted by Crippen LogP contribution is -2.50. The first-order valence-electron chi connectivity index (χ1n) is 23.4. The van der Waals surface area contributed by atoms with Crippen LogP contribution in [0.25, 0.3) is 0 Å². The zero-order chi connectivity index (χ0) is 53.1. The Morgan fingerprint density at radius 2 is 1.49 bits per heavy atom. The van der Waals surface area contributed by atoms with E-state index in [1.807, 2.05) is 27.9 Å². The SMILES string of the molecule is Cc1oc(=O)oc1COC(=O)N(C)CCNC(=O)C(CC(=O)O)N(C)C(=O)CCCCCSSc1ccc(C(=O)NC(C)(C)CCCNC(=O)C(CCCCNC(=O)CN(C)C)NC(=O)CN(C)C)cn1. The number of hydrogen-bond donors (Lipinski definition) is 6. The van der Waals surface area contributed by atoms with Crippen molar-refractivity contribution in [2.75, 3.05) is 87.3 Å². The highest BCUT2D eigenvalue weighted by Crippen LogP contribution is 2.30. The number of carbonyl (C=O) groups is 8. The molecule has 0 saturated carbocycles. The summed E-state index contributed by atoms with van der Waals surface area (Å²) in [4.78, 5) is 122. The molecule has 2 unspecified atom stereocenters. The number of amides is 7. The lowest BCUT2D eigenvalue weighted by Gasteiger charge is -2.27. The first kappa shape index (κ1) is 61.5. The minimum absolute atomic E-state index is 0.00609.